The summed E-state index contributed by atoms with van der Waals surface area (Å²) in [5, 5.41) is 2.73. The van der Waals surface area contributed by atoms with Crippen molar-refractivity contribution in [3.8, 4) is 22.8 Å². The summed E-state index contributed by atoms with van der Waals surface area (Å²) in [6, 6.07) is 10.3. The zero-order valence-corrected chi connectivity index (χ0v) is 15.8. The van der Waals surface area contributed by atoms with Gasteiger partial charge in [-0.25, -0.2) is 14.2 Å². The van der Waals surface area contributed by atoms with Crippen LogP contribution in [0.4, 0.5) is 9.18 Å². The topological polar surface area (TPSA) is 93.9 Å². The predicted octanol–water partition coefficient (Wildman–Crippen LogP) is 3.18. The summed E-state index contributed by atoms with van der Waals surface area (Å²) in [6.07, 6.45) is 1.47. The maximum atomic E-state index is 13.1. The Morgan fingerprint density at radius 3 is 2.70 bits per heavy atom. The number of nitrogens with one attached hydrogen (secondary N) is 1. The number of oxazole rings is 1. The number of urea groups is 1. The lowest BCUT2D eigenvalue weighted by molar-refractivity contribution is -0.131. The van der Waals surface area contributed by atoms with Gasteiger partial charge in [-0.1, -0.05) is 6.07 Å². The third-order valence-corrected chi connectivity index (χ3v) is 5.20. The molecule has 0 bridgehead atoms. The van der Waals surface area contributed by atoms with E-state index in [0.29, 0.717) is 28.4 Å². The zero-order valence-electron chi connectivity index (χ0n) is 15.8. The van der Waals surface area contributed by atoms with Crippen molar-refractivity contribution in [2.45, 2.75) is 19.0 Å². The molecule has 2 aliphatic heterocycles. The van der Waals surface area contributed by atoms with Gasteiger partial charge in [0.15, 0.2) is 17.3 Å². The second-order valence-electron chi connectivity index (χ2n) is 7.14. The first-order valence-corrected chi connectivity index (χ1v) is 9.19. The number of benzene rings is 2. The molecule has 8 nitrogen and oxygen atoms in total. The van der Waals surface area contributed by atoms with Gasteiger partial charge < -0.3 is 19.2 Å². The molecule has 3 amide bonds. The number of rotatable bonds is 4. The molecule has 3 heterocycles. The Hall–Kier alpha value is -3.88. The fraction of sp³-hybridized carbons (Fsp3) is 0.190. The minimum atomic E-state index is -1.26. The number of carbonyl (C=O) groups excluding carboxylic acids is 2. The van der Waals surface area contributed by atoms with Gasteiger partial charge in [0, 0.05) is 5.56 Å². The van der Waals surface area contributed by atoms with E-state index >= 15 is 0 Å². The molecule has 0 radical (unpaired) electrons. The molecule has 1 atom stereocenters. The number of hydrogen-bond donors (Lipinski definition) is 1. The number of amides is 3. The van der Waals surface area contributed by atoms with E-state index in [-0.39, 0.29) is 25.0 Å². The lowest BCUT2D eigenvalue weighted by Crippen LogP contribution is -2.40. The molecule has 1 N–H and O–H groups in total. The molecule has 0 saturated carbocycles. The van der Waals surface area contributed by atoms with Crippen molar-refractivity contribution in [1.82, 2.24) is 15.2 Å². The van der Waals surface area contributed by atoms with E-state index in [1.165, 1.54) is 18.3 Å². The highest BCUT2D eigenvalue weighted by Gasteiger charge is 2.49. The molecule has 1 fully saturated rings. The summed E-state index contributed by atoms with van der Waals surface area (Å²) in [4.78, 5) is 30.9. The lowest BCUT2D eigenvalue weighted by Gasteiger charge is -2.22. The maximum absolute atomic E-state index is 13.1. The molecule has 1 unspecified atom stereocenters. The van der Waals surface area contributed by atoms with Crippen LogP contribution in [0.1, 0.15) is 18.4 Å². The van der Waals surface area contributed by atoms with E-state index in [2.05, 4.69) is 10.3 Å². The van der Waals surface area contributed by atoms with Gasteiger partial charge in [0.05, 0.1) is 6.20 Å². The Kier molecular flexibility index (Phi) is 3.99. The highest BCUT2D eigenvalue weighted by atomic mass is 19.1. The molecule has 0 spiro atoms. The van der Waals surface area contributed by atoms with Crippen LogP contribution in [-0.2, 0) is 16.9 Å². The van der Waals surface area contributed by atoms with Crippen LogP contribution in [0.2, 0.25) is 0 Å². The van der Waals surface area contributed by atoms with Crippen LogP contribution in [0, 0.1) is 5.82 Å². The van der Waals surface area contributed by atoms with Gasteiger partial charge >= 0.3 is 6.03 Å². The molecule has 0 aliphatic carbocycles. The smallest absolute Gasteiger partial charge is 0.325 e. The maximum Gasteiger partial charge on any atom is 0.325 e. The SMILES string of the molecule is CC1(c2ccc3c(c2)OCO3)NC(=O)N(Cc2ncc(-c3ccc(F)cc3)o2)C1=O. The fourth-order valence-electron chi connectivity index (χ4n) is 3.51. The van der Waals surface area contributed by atoms with Gasteiger partial charge in [0.25, 0.3) is 5.91 Å². The minimum Gasteiger partial charge on any atom is -0.454 e. The Balaban J connectivity index is 1.38. The van der Waals surface area contributed by atoms with Crippen LogP contribution in [0.15, 0.2) is 53.1 Å². The summed E-state index contributed by atoms with van der Waals surface area (Å²) >= 11 is 0. The van der Waals surface area contributed by atoms with Gasteiger partial charge in [0.1, 0.15) is 17.9 Å². The Bertz CT molecular complexity index is 1160. The number of aromatic nitrogens is 1. The summed E-state index contributed by atoms with van der Waals surface area (Å²) in [5.41, 5.74) is -0.0469. The number of fused-ring (bicyclic) bond motifs is 1. The molecule has 1 aromatic heterocycles. The molecule has 1 saturated heterocycles. The minimum absolute atomic E-state index is 0.114. The molecule has 2 aromatic carbocycles. The Morgan fingerprint density at radius 1 is 1.13 bits per heavy atom. The van der Waals surface area contributed by atoms with Crippen LogP contribution in [0.3, 0.4) is 0 Å². The van der Waals surface area contributed by atoms with E-state index in [4.69, 9.17) is 13.9 Å². The van der Waals surface area contributed by atoms with Crippen LogP contribution in [-0.4, -0.2) is 28.6 Å². The number of halogens is 1. The highest BCUT2D eigenvalue weighted by Crippen LogP contribution is 2.38. The summed E-state index contributed by atoms with van der Waals surface area (Å²) in [7, 11) is 0. The van der Waals surface area contributed by atoms with Gasteiger partial charge in [-0.15, -0.1) is 0 Å². The third-order valence-electron chi connectivity index (χ3n) is 5.20. The first-order valence-electron chi connectivity index (χ1n) is 9.19. The van der Waals surface area contributed by atoms with Crippen LogP contribution in [0.25, 0.3) is 11.3 Å². The van der Waals surface area contributed by atoms with Crippen molar-refractivity contribution in [2.75, 3.05) is 6.79 Å². The average Bonchev–Trinajstić information content (AvgIpc) is 3.44. The standard InChI is InChI=1S/C21H16FN3O5/c1-21(13-4-7-15-16(8-13)29-11-28-15)19(26)25(20(27)24-21)10-18-23-9-17(30-18)12-2-5-14(22)6-3-12/h2-9H,10-11H2,1H3,(H,24,27). The van der Waals surface area contributed by atoms with Crippen molar-refractivity contribution in [3.05, 3.63) is 65.9 Å². The van der Waals surface area contributed by atoms with Crippen molar-refractivity contribution >= 4 is 11.9 Å². The number of hydrogen-bond acceptors (Lipinski definition) is 6. The molecule has 152 valence electrons. The third kappa shape index (κ3) is 2.86. The van der Waals surface area contributed by atoms with Crippen molar-refractivity contribution in [2.24, 2.45) is 0 Å². The second-order valence-corrected chi connectivity index (χ2v) is 7.14. The first kappa shape index (κ1) is 18.2. The van der Waals surface area contributed by atoms with Crippen LogP contribution >= 0.6 is 0 Å². The zero-order chi connectivity index (χ0) is 20.9. The van der Waals surface area contributed by atoms with E-state index in [9.17, 15) is 14.0 Å². The van der Waals surface area contributed by atoms with Crippen LogP contribution in [0.5, 0.6) is 11.5 Å². The molecular weight excluding hydrogens is 393 g/mol. The second kappa shape index (κ2) is 6.58. The van der Waals surface area contributed by atoms with E-state index in [0.717, 1.165) is 4.90 Å². The molecule has 3 aromatic rings. The van der Waals surface area contributed by atoms with Gasteiger partial charge in [0.2, 0.25) is 12.7 Å². The predicted molar refractivity (Wildman–Crippen MR) is 101 cm³/mol. The highest BCUT2D eigenvalue weighted by molar-refractivity contribution is 6.07. The van der Waals surface area contributed by atoms with E-state index < -0.39 is 17.5 Å². The van der Waals surface area contributed by atoms with E-state index in [1.807, 2.05) is 0 Å². The fourth-order valence-corrected chi connectivity index (χ4v) is 3.51. The lowest BCUT2D eigenvalue weighted by atomic mass is 9.91. The first-order chi connectivity index (χ1) is 14.4. The van der Waals surface area contributed by atoms with Gasteiger partial charge in [-0.2, -0.15) is 0 Å². The number of ether oxygens (including phenoxy) is 2. The van der Waals surface area contributed by atoms with Crippen molar-refractivity contribution < 1.29 is 27.9 Å². The molecule has 30 heavy (non-hydrogen) atoms. The number of imide groups is 1. The van der Waals surface area contributed by atoms with Crippen molar-refractivity contribution in [1.29, 1.82) is 0 Å². The molecule has 5 rings (SSSR count). The normalized spacial score (nSPS) is 20.0. The summed E-state index contributed by atoms with van der Waals surface area (Å²) < 4.78 is 29.4. The Morgan fingerprint density at radius 2 is 1.90 bits per heavy atom. The largest absolute Gasteiger partial charge is 0.454 e. The molecular formula is C21H16FN3O5. The van der Waals surface area contributed by atoms with Gasteiger partial charge in [-0.3, -0.25) is 9.69 Å². The summed E-state index contributed by atoms with van der Waals surface area (Å²) in [6.45, 7) is 1.61. The molecule has 2 aliphatic rings. The Labute approximate surface area is 170 Å². The van der Waals surface area contributed by atoms with Crippen LogP contribution < -0.4 is 14.8 Å². The van der Waals surface area contributed by atoms with Gasteiger partial charge in [-0.05, 0) is 48.9 Å². The average molecular weight is 409 g/mol. The monoisotopic (exact) mass is 409 g/mol. The van der Waals surface area contributed by atoms with Crippen molar-refractivity contribution in [3.63, 3.8) is 0 Å². The number of carbonyl (C=O) groups is 2. The summed E-state index contributed by atoms with van der Waals surface area (Å²) in [5.74, 6) is 0.909. The molecule has 9 heteroatoms. The van der Waals surface area contributed by atoms with E-state index in [1.54, 1.807) is 37.3 Å². The number of nitrogens with zero attached hydrogens (tertiary/aromatic N) is 2. The quantitative estimate of drug-likeness (QED) is 0.666.